The number of hydrogen-bond donors (Lipinski definition) is 1. The molecule has 2 amide bonds. The van der Waals surface area contributed by atoms with Gasteiger partial charge in [-0.1, -0.05) is 18.5 Å². The molecular weight excluding hydrogens is 413 g/mol. The van der Waals surface area contributed by atoms with Gasteiger partial charge in [-0.05, 0) is 37.1 Å². The maximum atomic E-state index is 13.1. The number of hydrogen-bond acceptors (Lipinski definition) is 5. The number of benzene rings is 1. The minimum absolute atomic E-state index is 0.0740. The van der Waals surface area contributed by atoms with Gasteiger partial charge in [-0.3, -0.25) is 4.98 Å². The average molecular weight is 436 g/mol. The Hall–Kier alpha value is -3.30. The molecule has 31 heavy (non-hydrogen) atoms. The predicted molar refractivity (Wildman–Crippen MR) is 109 cm³/mol. The molecule has 0 aliphatic rings. The number of nitrogens with one attached hydrogen (secondary N) is 1. The largest absolute Gasteiger partial charge is 0.493 e. The summed E-state index contributed by atoms with van der Waals surface area (Å²) in [5.74, 6) is 0.460. The zero-order valence-electron chi connectivity index (χ0n) is 17.2. The van der Waals surface area contributed by atoms with Crippen molar-refractivity contribution in [3.63, 3.8) is 0 Å². The first-order valence-electron chi connectivity index (χ1n) is 9.84. The van der Waals surface area contributed by atoms with Crippen LogP contribution in [0.15, 0.2) is 41.2 Å². The summed E-state index contributed by atoms with van der Waals surface area (Å²) < 4.78 is 50.1. The van der Waals surface area contributed by atoms with Crippen molar-refractivity contribution < 1.29 is 27.2 Å². The number of nitrogens with zero attached hydrogens (tertiary/aromatic N) is 3. The molecule has 0 atom stereocenters. The molecule has 3 aromatic rings. The summed E-state index contributed by atoms with van der Waals surface area (Å²) in [5.41, 5.74) is 0.219. The number of anilines is 1. The van der Waals surface area contributed by atoms with Gasteiger partial charge < -0.3 is 19.5 Å². The molecule has 0 bridgehead atoms. The first-order valence-corrected chi connectivity index (χ1v) is 9.84. The summed E-state index contributed by atoms with van der Waals surface area (Å²) in [7, 11) is 1.66. The van der Waals surface area contributed by atoms with Crippen LogP contribution in [0.25, 0.3) is 11.0 Å². The number of alkyl halides is 3. The van der Waals surface area contributed by atoms with Crippen molar-refractivity contribution in [3.8, 4) is 5.75 Å². The monoisotopic (exact) mass is 436 g/mol. The van der Waals surface area contributed by atoms with E-state index in [9.17, 15) is 18.0 Å². The number of carbonyl (C=O) groups excluding carboxylic acids is 1. The van der Waals surface area contributed by atoms with Crippen molar-refractivity contribution in [2.45, 2.75) is 32.4 Å². The number of carbonyl (C=O) groups is 1. The topological polar surface area (TPSA) is 80.5 Å². The summed E-state index contributed by atoms with van der Waals surface area (Å²) >= 11 is 0. The summed E-state index contributed by atoms with van der Waals surface area (Å²) in [6.45, 7) is 2.63. The number of ether oxygens (including phenoxy) is 1. The van der Waals surface area contributed by atoms with E-state index in [0.717, 1.165) is 0 Å². The standard InChI is InChI=1S/C21H23F3N4O3/c1-3-6-15-17(9-8-16-18(15)31-27-19(16)21(22,23)24)30-12-5-11-28(2)20(29)26-14-7-4-10-25-13-14/h4,7-10,13H,3,5-6,11-12H2,1-2H3,(H,26,29). The van der Waals surface area contributed by atoms with Crippen molar-refractivity contribution >= 4 is 22.7 Å². The molecule has 2 aromatic heterocycles. The van der Waals surface area contributed by atoms with Gasteiger partial charge in [0, 0.05) is 25.4 Å². The van der Waals surface area contributed by atoms with Crippen LogP contribution in [-0.2, 0) is 12.6 Å². The SMILES string of the molecule is CCCc1c(OCCCN(C)C(=O)Nc2cccnc2)ccc2c(C(F)(F)F)noc12. The van der Waals surface area contributed by atoms with Crippen LogP contribution in [0.3, 0.4) is 0 Å². The van der Waals surface area contributed by atoms with Crippen molar-refractivity contribution in [2.75, 3.05) is 25.5 Å². The number of aryl methyl sites for hydroxylation is 1. The highest BCUT2D eigenvalue weighted by atomic mass is 19.4. The lowest BCUT2D eigenvalue weighted by atomic mass is 10.0. The Kier molecular flexibility index (Phi) is 6.98. The maximum Gasteiger partial charge on any atom is 0.437 e. The number of aromatic nitrogens is 2. The van der Waals surface area contributed by atoms with Gasteiger partial charge in [-0.25, -0.2) is 4.79 Å². The molecule has 0 aliphatic heterocycles. The molecule has 1 N–H and O–H groups in total. The Balaban J connectivity index is 1.60. The Morgan fingerprint density at radius 3 is 2.77 bits per heavy atom. The molecule has 0 radical (unpaired) electrons. The predicted octanol–water partition coefficient (Wildman–Crippen LogP) is 5.13. The highest BCUT2D eigenvalue weighted by Gasteiger charge is 2.37. The molecule has 0 spiro atoms. The Bertz CT molecular complexity index is 1020. The molecule has 7 nitrogen and oxygen atoms in total. The van der Waals surface area contributed by atoms with Crippen molar-refractivity contribution in [2.24, 2.45) is 0 Å². The molecule has 3 rings (SSSR count). The molecule has 0 aliphatic carbocycles. The fourth-order valence-corrected chi connectivity index (χ4v) is 3.11. The van der Waals surface area contributed by atoms with E-state index in [1.807, 2.05) is 6.92 Å². The van der Waals surface area contributed by atoms with Gasteiger partial charge in [0.2, 0.25) is 0 Å². The fourth-order valence-electron chi connectivity index (χ4n) is 3.11. The number of fused-ring (bicyclic) bond motifs is 1. The maximum absolute atomic E-state index is 13.1. The van der Waals surface area contributed by atoms with E-state index < -0.39 is 11.9 Å². The third-order valence-electron chi connectivity index (χ3n) is 4.62. The highest BCUT2D eigenvalue weighted by molar-refractivity contribution is 5.88. The normalized spacial score (nSPS) is 11.5. The van der Waals surface area contributed by atoms with Crippen LogP contribution >= 0.6 is 0 Å². The molecule has 0 unspecified atom stereocenters. The van der Waals surface area contributed by atoms with Crippen molar-refractivity contribution in [3.05, 3.63) is 47.9 Å². The van der Waals surface area contributed by atoms with Crippen molar-refractivity contribution in [1.29, 1.82) is 0 Å². The van der Waals surface area contributed by atoms with Gasteiger partial charge in [0.05, 0.1) is 23.9 Å². The van der Waals surface area contributed by atoms with Gasteiger partial charge in [0.25, 0.3) is 0 Å². The molecule has 10 heteroatoms. The molecule has 0 saturated carbocycles. The third-order valence-corrected chi connectivity index (χ3v) is 4.62. The number of rotatable bonds is 8. The van der Waals surface area contributed by atoms with Gasteiger partial charge in [-0.15, -0.1) is 0 Å². The molecule has 2 heterocycles. The van der Waals surface area contributed by atoms with Crippen molar-refractivity contribution in [1.82, 2.24) is 15.0 Å². The first-order chi connectivity index (χ1) is 14.8. The van der Waals surface area contributed by atoms with E-state index in [1.54, 1.807) is 31.6 Å². The van der Waals surface area contributed by atoms with Gasteiger partial charge in [0.1, 0.15) is 5.75 Å². The quantitative estimate of drug-likeness (QED) is 0.496. The van der Waals surface area contributed by atoms with Gasteiger partial charge in [-0.2, -0.15) is 13.2 Å². The Morgan fingerprint density at radius 2 is 2.10 bits per heavy atom. The van der Waals surface area contributed by atoms with E-state index in [0.29, 0.717) is 42.8 Å². The van der Waals surface area contributed by atoms with E-state index in [-0.39, 0.29) is 23.6 Å². The van der Waals surface area contributed by atoms with Gasteiger partial charge in [0.15, 0.2) is 11.3 Å². The first kappa shape index (κ1) is 22.4. The van der Waals surface area contributed by atoms with E-state index in [1.165, 1.54) is 17.0 Å². The van der Waals surface area contributed by atoms with Crippen LogP contribution in [-0.4, -0.2) is 41.3 Å². The van der Waals surface area contributed by atoms with Crippen LogP contribution in [0, 0.1) is 0 Å². The third kappa shape index (κ3) is 5.44. The molecule has 0 saturated heterocycles. The van der Waals surface area contributed by atoms with E-state index in [4.69, 9.17) is 9.26 Å². The van der Waals surface area contributed by atoms with Gasteiger partial charge >= 0.3 is 12.2 Å². The van der Waals surface area contributed by atoms with Crippen LogP contribution in [0.4, 0.5) is 23.7 Å². The second-order valence-electron chi connectivity index (χ2n) is 6.99. The molecule has 0 fully saturated rings. The lowest BCUT2D eigenvalue weighted by Gasteiger charge is -2.18. The number of amides is 2. The number of pyridine rings is 1. The number of urea groups is 1. The zero-order valence-corrected chi connectivity index (χ0v) is 17.2. The Morgan fingerprint density at radius 1 is 1.29 bits per heavy atom. The lowest BCUT2D eigenvalue weighted by molar-refractivity contribution is -0.141. The zero-order chi connectivity index (χ0) is 22.4. The molecule has 166 valence electrons. The fraction of sp³-hybridized carbons (Fsp3) is 0.381. The smallest absolute Gasteiger partial charge is 0.437 e. The summed E-state index contributed by atoms with van der Waals surface area (Å²) in [6, 6.07) is 6.01. The summed E-state index contributed by atoms with van der Waals surface area (Å²) in [4.78, 5) is 17.6. The number of halogens is 3. The second kappa shape index (κ2) is 9.67. The lowest BCUT2D eigenvalue weighted by Crippen LogP contribution is -2.32. The van der Waals surface area contributed by atoms with Crippen LogP contribution in [0.2, 0.25) is 0 Å². The van der Waals surface area contributed by atoms with Crippen LogP contribution in [0.5, 0.6) is 5.75 Å². The second-order valence-corrected chi connectivity index (χ2v) is 6.99. The Labute approximate surface area is 177 Å². The minimum Gasteiger partial charge on any atom is -0.493 e. The molecule has 1 aromatic carbocycles. The molecular formula is C21H23F3N4O3. The summed E-state index contributed by atoms with van der Waals surface area (Å²) in [6.07, 6.45) is 0.307. The average Bonchev–Trinajstić information content (AvgIpc) is 3.18. The summed E-state index contributed by atoms with van der Waals surface area (Å²) in [5, 5.41) is 5.87. The highest BCUT2D eigenvalue weighted by Crippen LogP contribution is 2.38. The van der Waals surface area contributed by atoms with Crippen LogP contribution in [0.1, 0.15) is 31.0 Å². The van der Waals surface area contributed by atoms with Crippen LogP contribution < -0.4 is 10.1 Å². The van der Waals surface area contributed by atoms with E-state index >= 15 is 0 Å². The minimum atomic E-state index is -4.59. The van der Waals surface area contributed by atoms with E-state index in [2.05, 4.69) is 15.5 Å².